The molecule has 1 heterocycles. The van der Waals surface area contributed by atoms with Crippen molar-refractivity contribution in [1.82, 2.24) is 5.32 Å². The summed E-state index contributed by atoms with van der Waals surface area (Å²) in [5.74, 6) is 2.77. The van der Waals surface area contributed by atoms with Crippen molar-refractivity contribution in [2.45, 2.75) is 43.7 Å². The van der Waals surface area contributed by atoms with Gasteiger partial charge in [-0.2, -0.15) is 11.8 Å². The SMILES string of the molecule is O=C(NC(C1CC1)C1CC1)C1(O)CCSC1. The van der Waals surface area contributed by atoms with Crippen LogP contribution in [0.15, 0.2) is 0 Å². The Labute approximate surface area is 100 Å². The highest BCUT2D eigenvalue weighted by atomic mass is 32.2. The molecule has 1 atom stereocenters. The number of carbonyl (C=O) groups excluding carboxylic acids is 1. The zero-order valence-corrected chi connectivity index (χ0v) is 10.3. The van der Waals surface area contributed by atoms with Gasteiger partial charge >= 0.3 is 0 Å². The molecule has 0 aromatic rings. The first-order chi connectivity index (χ1) is 7.69. The Kier molecular flexibility index (Phi) is 2.67. The quantitative estimate of drug-likeness (QED) is 0.776. The number of rotatable bonds is 4. The molecule has 2 N–H and O–H groups in total. The van der Waals surface area contributed by atoms with Crippen molar-refractivity contribution in [2.75, 3.05) is 11.5 Å². The highest BCUT2D eigenvalue weighted by molar-refractivity contribution is 7.99. The topological polar surface area (TPSA) is 49.3 Å². The molecule has 3 nitrogen and oxygen atoms in total. The van der Waals surface area contributed by atoms with E-state index in [1.807, 2.05) is 0 Å². The third-order valence-electron chi connectivity index (χ3n) is 3.98. The zero-order valence-electron chi connectivity index (χ0n) is 9.45. The van der Waals surface area contributed by atoms with Gasteiger partial charge in [-0.15, -0.1) is 0 Å². The van der Waals surface area contributed by atoms with Gasteiger partial charge < -0.3 is 10.4 Å². The van der Waals surface area contributed by atoms with Crippen molar-refractivity contribution in [3.05, 3.63) is 0 Å². The third-order valence-corrected chi connectivity index (χ3v) is 5.16. The standard InChI is InChI=1S/C12H19NO2S/c14-11(12(15)5-6-16-7-12)13-10(8-1-2-8)9-3-4-9/h8-10,15H,1-7H2,(H,13,14). The molecule has 90 valence electrons. The molecule has 2 saturated carbocycles. The number of hydrogen-bond acceptors (Lipinski definition) is 3. The van der Waals surface area contributed by atoms with Crippen LogP contribution in [0.2, 0.25) is 0 Å². The Balaban J connectivity index is 1.61. The Morgan fingerprint density at radius 3 is 2.38 bits per heavy atom. The lowest BCUT2D eigenvalue weighted by Crippen LogP contribution is -2.51. The maximum atomic E-state index is 12.1. The van der Waals surface area contributed by atoms with E-state index in [2.05, 4.69) is 5.32 Å². The van der Waals surface area contributed by atoms with Crippen molar-refractivity contribution >= 4 is 17.7 Å². The third kappa shape index (κ3) is 2.09. The minimum absolute atomic E-state index is 0.110. The molecule has 0 spiro atoms. The lowest BCUT2D eigenvalue weighted by atomic mass is 10.0. The summed E-state index contributed by atoms with van der Waals surface area (Å²) < 4.78 is 0. The lowest BCUT2D eigenvalue weighted by molar-refractivity contribution is -0.138. The fourth-order valence-electron chi connectivity index (χ4n) is 2.55. The molecule has 1 amide bonds. The Morgan fingerprint density at radius 1 is 1.31 bits per heavy atom. The molecule has 1 saturated heterocycles. The molecule has 0 aromatic heterocycles. The van der Waals surface area contributed by atoms with Crippen LogP contribution in [0.5, 0.6) is 0 Å². The van der Waals surface area contributed by atoms with Gasteiger partial charge in [0.05, 0.1) is 0 Å². The first kappa shape index (κ1) is 10.9. The second kappa shape index (κ2) is 3.91. The van der Waals surface area contributed by atoms with E-state index in [0.29, 0.717) is 30.1 Å². The average molecular weight is 241 g/mol. The van der Waals surface area contributed by atoms with E-state index in [0.717, 1.165) is 5.75 Å². The van der Waals surface area contributed by atoms with E-state index in [4.69, 9.17) is 0 Å². The summed E-state index contributed by atoms with van der Waals surface area (Å²) in [5, 5.41) is 13.3. The Bertz CT molecular complexity index is 281. The van der Waals surface area contributed by atoms with Crippen LogP contribution >= 0.6 is 11.8 Å². The van der Waals surface area contributed by atoms with E-state index in [1.165, 1.54) is 25.7 Å². The van der Waals surface area contributed by atoms with Crippen molar-refractivity contribution in [1.29, 1.82) is 0 Å². The molecular weight excluding hydrogens is 222 g/mol. The van der Waals surface area contributed by atoms with E-state index in [-0.39, 0.29) is 5.91 Å². The molecule has 4 heteroatoms. The van der Waals surface area contributed by atoms with Gasteiger partial charge in [0.25, 0.3) is 5.91 Å². The van der Waals surface area contributed by atoms with Gasteiger partial charge in [0, 0.05) is 11.8 Å². The fraction of sp³-hybridized carbons (Fsp3) is 0.917. The summed E-state index contributed by atoms with van der Waals surface area (Å²) in [6.07, 6.45) is 5.65. The fourth-order valence-corrected chi connectivity index (χ4v) is 3.79. The molecule has 1 aliphatic heterocycles. The van der Waals surface area contributed by atoms with Gasteiger partial charge in [0.2, 0.25) is 0 Å². The minimum Gasteiger partial charge on any atom is -0.379 e. The van der Waals surface area contributed by atoms with Crippen LogP contribution in [0.25, 0.3) is 0 Å². The first-order valence-corrected chi connectivity index (χ1v) is 7.46. The summed E-state index contributed by atoms with van der Waals surface area (Å²) in [6, 6.07) is 0.363. The molecular formula is C12H19NO2S. The average Bonchev–Trinajstić information content (AvgIpc) is 3.16. The normalized spacial score (nSPS) is 34.4. The van der Waals surface area contributed by atoms with Gasteiger partial charge in [-0.3, -0.25) is 4.79 Å². The number of nitrogens with one attached hydrogen (secondary N) is 1. The summed E-state index contributed by atoms with van der Waals surface area (Å²) in [6.45, 7) is 0. The highest BCUT2D eigenvalue weighted by Gasteiger charge is 2.46. The van der Waals surface area contributed by atoms with Crippen LogP contribution in [0.4, 0.5) is 0 Å². The second-order valence-corrected chi connectivity index (χ2v) is 6.61. The van der Waals surface area contributed by atoms with Gasteiger partial charge in [-0.05, 0) is 49.7 Å². The molecule has 1 unspecified atom stereocenters. The van der Waals surface area contributed by atoms with Gasteiger partial charge in [0.1, 0.15) is 0 Å². The van der Waals surface area contributed by atoms with E-state index in [9.17, 15) is 9.90 Å². The zero-order chi connectivity index (χ0) is 11.2. The first-order valence-electron chi connectivity index (χ1n) is 6.30. The number of hydrogen-bond donors (Lipinski definition) is 2. The number of aliphatic hydroxyl groups is 1. The molecule has 3 fully saturated rings. The van der Waals surface area contributed by atoms with E-state index in [1.54, 1.807) is 11.8 Å². The second-order valence-electron chi connectivity index (χ2n) is 5.51. The van der Waals surface area contributed by atoms with Crippen LogP contribution in [0.1, 0.15) is 32.1 Å². The van der Waals surface area contributed by atoms with Gasteiger partial charge in [-0.1, -0.05) is 0 Å². The monoisotopic (exact) mass is 241 g/mol. The Morgan fingerprint density at radius 2 is 1.94 bits per heavy atom. The molecule has 0 aromatic carbocycles. The molecule has 3 rings (SSSR count). The number of thioether (sulfide) groups is 1. The number of amides is 1. The molecule has 3 aliphatic rings. The van der Waals surface area contributed by atoms with Crippen LogP contribution in [-0.2, 0) is 4.79 Å². The molecule has 16 heavy (non-hydrogen) atoms. The summed E-state index contributed by atoms with van der Waals surface area (Å²) in [5.41, 5.74) is -1.08. The number of carbonyl (C=O) groups is 1. The van der Waals surface area contributed by atoms with E-state index >= 15 is 0 Å². The predicted molar refractivity (Wildman–Crippen MR) is 64.3 cm³/mol. The minimum atomic E-state index is -1.08. The van der Waals surface area contributed by atoms with Crippen molar-refractivity contribution in [2.24, 2.45) is 11.8 Å². The Hall–Kier alpha value is -0.220. The van der Waals surface area contributed by atoms with Crippen LogP contribution in [0, 0.1) is 11.8 Å². The highest BCUT2D eigenvalue weighted by Crippen LogP contribution is 2.44. The van der Waals surface area contributed by atoms with Crippen molar-refractivity contribution in [3.63, 3.8) is 0 Å². The van der Waals surface area contributed by atoms with Crippen LogP contribution in [0.3, 0.4) is 0 Å². The maximum Gasteiger partial charge on any atom is 0.253 e. The maximum absolute atomic E-state index is 12.1. The van der Waals surface area contributed by atoms with Gasteiger partial charge in [-0.25, -0.2) is 0 Å². The van der Waals surface area contributed by atoms with E-state index < -0.39 is 5.60 Å². The van der Waals surface area contributed by atoms with Crippen molar-refractivity contribution < 1.29 is 9.90 Å². The molecule has 0 radical (unpaired) electrons. The predicted octanol–water partition coefficient (Wildman–Crippen LogP) is 1.16. The smallest absolute Gasteiger partial charge is 0.253 e. The lowest BCUT2D eigenvalue weighted by Gasteiger charge is -2.25. The molecule has 0 bridgehead atoms. The van der Waals surface area contributed by atoms with Crippen molar-refractivity contribution in [3.8, 4) is 0 Å². The summed E-state index contributed by atoms with van der Waals surface area (Å²) >= 11 is 1.67. The summed E-state index contributed by atoms with van der Waals surface area (Å²) in [4.78, 5) is 12.1. The molecule has 2 aliphatic carbocycles. The van der Waals surface area contributed by atoms with Crippen LogP contribution < -0.4 is 5.32 Å². The van der Waals surface area contributed by atoms with Crippen LogP contribution in [-0.4, -0.2) is 34.2 Å². The summed E-state index contributed by atoms with van der Waals surface area (Å²) in [7, 11) is 0. The largest absolute Gasteiger partial charge is 0.379 e. The van der Waals surface area contributed by atoms with Gasteiger partial charge in [0.15, 0.2) is 5.60 Å².